The molecule has 0 aromatic heterocycles. The fourth-order valence-corrected chi connectivity index (χ4v) is 2.00. The van der Waals surface area contributed by atoms with Crippen LogP contribution in [-0.4, -0.2) is 43.6 Å². The maximum Gasteiger partial charge on any atom is 0.383 e. The summed E-state index contributed by atoms with van der Waals surface area (Å²) >= 11 is 0. The van der Waals surface area contributed by atoms with Crippen LogP contribution in [0.3, 0.4) is 0 Å². The van der Waals surface area contributed by atoms with Crippen LogP contribution in [0.25, 0.3) is 0 Å². The second-order valence-corrected chi connectivity index (χ2v) is 4.94. The first-order valence-corrected chi connectivity index (χ1v) is 6.65. The number of nitrogens with two attached hydrogens (primary N) is 1. The number of hydrogen-bond donors (Lipinski definition) is 2. The SMILES string of the molecule is NC1CCC(OCCCNC(=O)C(F)(F)C(F)F)CC1. The van der Waals surface area contributed by atoms with E-state index in [-0.39, 0.29) is 18.7 Å². The fraction of sp³-hybridized carbons (Fsp3) is 0.917. The Bertz CT molecular complexity index is 308. The summed E-state index contributed by atoms with van der Waals surface area (Å²) < 4.78 is 54.4. The van der Waals surface area contributed by atoms with Crippen molar-refractivity contribution in [3.8, 4) is 0 Å². The Morgan fingerprint density at radius 1 is 1.30 bits per heavy atom. The lowest BCUT2D eigenvalue weighted by Gasteiger charge is -2.26. The first kappa shape index (κ1) is 17.2. The van der Waals surface area contributed by atoms with Gasteiger partial charge in [-0.2, -0.15) is 8.78 Å². The first-order chi connectivity index (χ1) is 9.34. The molecule has 0 spiro atoms. The van der Waals surface area contributed by atoms with E-state index in [1.165, 1.54) is 0 Å². The lowest BCUT2D eigenvalue weighted by molar-refractivity contribution is -0.169. The summed E-state index contributed by atoms with van der Waals surface area (Å²) in [5.74, 6) is -6.59. The average molecular weight is 300 g/mol. The molecule has 118 valence electrons. The van der Waals surface area contributed by atoms with Gasteiger partial charge in [0.05, 0.1) is 6.10 Å². The van der Waals surface area contributed by atoms with Crippen molar-refractivity contribution in [1.29, 1.82) is 0 Å². The molecule has 0 radical (unpaired) electrons. The standard InChI is InChI=1S/C12H20F4N2O2/c13-10(14)12(15,16)11(19)18-6-1-7-20-9-4-2-8(17)3-5-9/h8-10H,1-7,17H2,(H,18,19). The van der Waals surface area contributed by atoms with Crippen LogP contribution >= 0.6 is 0 Å². The molecule has 0 aliphatic heterocycles. The van der Waals surface area contributed by atoms with E-state index in [1.807, 2.05) is 0 Å². The van der Waals surface area contributed by atoms with E-state index in [0.29, 0.717) is 13.0 Å². The van der Waals surface area contributed by atoms with E-state index in [1.54, 1.807) is 5.32 Å². The zero-order valence-corrected chi connectivity index (χ0v) is 11.1. The van der Waals surface area contributed by atoms with Crippen LogP contribution in [0.4, 0.5) is 17.6 Å². The molecule has 4 nitrogen and oxygen atoms in total. The van der Waals surface area contributed by atoms with E-state index < -0.39 is 18.3 Å². The fourth-order valence-electron chi connectivity index (χ4n) is 2.00. The minimum absolute atomic E-state index is 0.105. The van der Waals surface area contributed by atoms with Gasteiger partial charge in [-0.15, -0.1) is 0 Å². The Morgan fingerprint density at radius 3 is 2.45 bits per heavy atom. The van der Waals surface area contributed by atoms with Gasteiger partial charge in [0.2, 0.25) is 0 Å². The van der Waals surface area contributed by atoms with E-state index in [4.69, 9.17) is 10.5 Å². The molecule has 0 saturated heterocycles. The van der Waals surface area contributed by atoms with Crippen LogP contribution in [0, 0.1) is 0 Å². The highest BCUT2D eigenvalue weighted by Gasteiger charge is 2.48. The monoisotopic (exact) mass is 300 g/mol. The highest BCUT2D eigenvalue weighted by atomic mass is 19.3. The Balaban J connectivity index is 2.09. The minimum atomic E-state index is -4.64. The molecular weight excluding hydrogens is 280 g/mol. The number of halogens is 4. The van der Waals surface area contributed by atoms with Crippen molar-refractivity contribution in [3.63, 3.8) is 0 Å². The predicted octanol–water partition coefficient (Wildman–Crippen LogP) is 1.68. The molecule has 0 aromatic carbocycles. The molecule has 0 heterocycles. The quantitative estimate of drug-likeness (QED) is 0.555. The van der Waals surface area contributed by atoms with Crippen molar-refractivity contribution in [2.75, 3.05) is 13.2 Å². The summed E-state index contributed by atoms with van der Waals surface area (Å²) in [7, 11) is 0. The second-order valence-electron chi connectivity index (χ2n) is 4.94. The summed E-state index contributed by atoms with van der Waals surface area (Å²) in [4.78, 5) is 10.8. The lowest BCUT2D eigenvalue weighted by atomic mass is 9.94. The van der Waals surface area contributed by atoms with Crippen LogP contribution in [-0.2, 0) is 9.53 Å². The van der Waals surface area contributed by atoms with Gasteiger partial charge in [-0.3, -0.25) is 4.79 Å². The number of amides is 1. The summed E-state index contributed by atoms with van der Waals surface area (Å²) in [5, 5.41) is 1.78. The summed E-state index contributed by atoms with van der Waals surface area (Å²) in [6.45, 7) is 0.174. The molecule has 0 bridgehead atoms. The molecule has 0 aromatic rings. The summed E-state index contributed by atoms with van der Waals surface area (Å²) in [6.07, 6.45) is -0.0933. The molecule has 1 aliphatic rings. The molecule has 0 unspecified atom stereocenters. The van der Waals surface area contributed by atoms with Gasteiger partial charge in [-0.05, 0) is 32.1 Å². The number of carbonyl (C=O) groups excluding carboxylic acids is 1. The van der Waals surface area contributed by atoms with E-state index in [2.05, 4.69) is 0 Å². The molecular formula is C12H20F4N2O2. The third-order valence-corrected chi connectivity index (χ3v) is 3.26. The van der Waals surface area contributed by atoms with E-state index in [9.17, 15) is 22.4 Å². The first-order valence-electron chi connectivity index (χ1n) is 6.65. The lowest BCUT2D eigenvalue weighted by Crippen LogP contribution is -2.45. The number of hydrogen-bond acceptors (Lipinski definition) is 3. The summed E-state index contributed by atoms with van der Waals surface area (Å²) in [6, 6.07) is 0.214. The van der Waals surface area contributed by atoms with Gasteiger partial charge in [-0.1, -0.05) is 0 Å². The van der Waals surface area contributed by atoms with Gasteiger partial charge in [-0.25, -0.2) is 8.78 Å². The Hall–Kier alpha value is -0.890. The molecule has 20 heavy (non-hydrogen) atoms. The van der Waals surface area contributed by atoms with E-state index in [0.717, 1.165) is 25.7 Å². The number of ether oxygens (including phenoxy) is 1. The zero-order chi connectivity index (χ0) is 15.2. The molecule has 3 N–H and O–H groups in total. The maximum atomic E-state index is 12.6. The second kappa shape index (κ2) is 7.78. The van der Waals surface area contributed by atoms with Crippen molar-refractivity contribution in [3.05, 3.63) is 0 Å². The van der Waals surface area contributed by atoms with Crippen LogP contribution in [0.2, 0.25) is 0 Å². The van der Waals surface area contributed by atoms with Crippen molar-refractivity contribution in [2.45, 2.75) is 56.6 Å². The van der Waals surface area contributed by atoms with Crippen molar-refractivity contribution < 1.29 is 27.1 Å². The molecule has 8 heteroatoms. The van der Waals surface area contributed by atoms with Crippen molar-refractivity contribution in [2.24, 2.45) is 5.73 Å². The number of nitrogens with one attached hydrogen (secondary N) is 1. The Labute approximate surface area is 115 Å². The van der Waals surface area contributed by atoms with Crippen LogP contribution < -0.4 is 11.1 Å². The molecule has 1 fully saturated rings. The molecule has 1 saturated carbocycles. The zero-order valence-electron chi connectivity index (χ0n) is 11.1. The van der Waals surface area contributed by atoms with Gasteiger partial charge < -0.3 is 15.8 Å². The van der Waals surface area contributed by atoms with Crippen LogP contribution in [0.1, 0.15) is 32.1 Å². The minimum Gasteiger partial charge on any atom is -0.378 e. The van der Waals surface area contributed by atoms with Gasteiger partial charge in [0.1, 0.15) is 0 Å². The number of alkyl halides is 4. The normalized spacial score (nSPS) is 23.9. The number of rotatable bonds is 7. The Kier molecular flexibility index (Phi) is 6.67. The van der Waals surface area contributed by atoms with Crippen molar-refractivity contribution >= 4 is 5.91 Å². The molecule has 1 aliphatic carbocycles. The maximum absolute atomic E-state index is 12.6. The van der Waals surface area contributed by atoms with Gasteiger partial charge in [0.25, 0.3) is 5.91 Å². The third-order valence-electron chi connectivity index (χ3n) is 3.26. The van der Waals surface area contributed by atoms with Gasteiger partial charge in [0, 0.05) is 19.2 Å². The largest absolute Gasteiger partial charge is 0.383 e. The van der Waals surface area contributed by atoms with Gasteiger partial charge in [0.15, 0.2) is 0 Å². The smallest absolute Gasteiger partial charge is 0.378 e. The predicted molar refractivity (Wildman–Crippen MR) is 64.8 cm³/mol. The highest BCUT2D eigenvalue weighted by Crippen LogP contribution is 2.22. The molecule has 0 atom stereocenters. The Morgan fingerprint density at radius 2 is 1.90 bits per heavy atom. The highest BCUT2D eigenvalue weighted by molar-refractivity contribution is 5.83. The average Bonchev–Trinajstić information content (AvgIpc) is 2.40. The van der Waals surface area contributed by atoms with E-state index >= 15 is 0 Å². The topological polar surface area (TPSA) is 64.3 Å². The molecule has 1 amide bonds. The molecule has 1 rings (SSSR count). The third kappa shape index (κ3) is 5.24. The van der Waals surface area contributed by atoms with Crippen molar-refractivity contribution in [1.82, 2.24) is 5.32 Å². The number of carbonyl (C=O) groups is 1. The van der Waals surface area contributed by atoms with Crippen LogP contribution in [0.15, 0.2) is 0 Å². The van der Waals surface area contributed by atoms with Crippen LogP contribution in [0.5, 0.6) is 0 Å². The summed E-state index contributed by atoms with van der Waals surface area (Å²) in [5.41, 5.74) is 5.74. The van der Waals surface area contributed by atoms with Gasteiger partial charge >= 0.3 is 12.3 Å².